The van der Waals surface area contributed by atoms with Gasteiger partial charge in [-0.3, -0.25) is 4.79 Å². The maximum atomic E-state index is 12.6. The number of hydrogen-bond acceptors (Lipinski definition) is 1. The summed E-state index contributed by atoms with van der Waals surface area (Å²) in [6, 6.07) is 9.39. The van der Waals surface area contributed by atoms with E-state index in [9.17, 15) is 13.6 Å². The highest BCUT2D eigenvalue weighted by Crippen LogP contribution is 2.27. The van der Waals surface area contributed by atoms with Gasteiger partial charge in [0.25, 0.3) is 6.43 Å². The Kier molecular flexibility index (Phi) is 2.46. The molecule has 0 aliphatic carbocycles. The molecule has 0 N–H and O–H groups in total. The lowest BCUT2D eigenvalue weighted by molar-refractivity contribution is 0.112. The summed E-state index contributed by atoms with van der Waals surface area (Å²) in [6.45, 7) is 0. The summed E-state index contributed by atoms with van der Waals surface area (Å²) in [6.07, 6.45) is -1.79. The molecule has 0 aliphatic rings. The van der Waals surface area contributed by atoms with Gasteiger partial charge in [0.2, 0.25) is 0 Å². The molecule has 0 aliphatic heterocycles. The van der Waals surface area contributed by atoms with Crippen molar-refractivity contribution < 1.29 is 13.6 Å². The zero-order valence-electron chi connectivity index (χ0n) is 7.78. The average Bonchev–Trinajstić information content (AvgIpc) is 2.27. The summed E-state index contributed by atoms with van der Waals surface area (Å²) in [5.74, 6) is 0. The second kappa shape index (κ2) is 3.77. The molecule has 76 valence electrons. The molecule has 0 atom stereocenters. The number of benzene rings is 2. The topological polar surface area (TPSA) is 17.1 Å². The van der Waals surface area contributed by atoms with Crippen molar-refractivity contribution in [3.63, 3.8) is 0 Å². The molecular weight excluding hydrogens is 198 g/mol. The SMILES string of the molecule is O=Cc1ccc2c(C(F)F)cccc2c1. The van der Waals surface area contributed by atoms with Crippen molar-refractivity contribution in [2.24, 2.45) is 0 Å². The molecule has 0 heterocycles. The molecule has 2 rings (SSSR count). The van der Waals surface area contributed by atoms with Gasteiger partial charge in [0.05, 0.1) is 0 Å². The van der Waals surface area contributed by atoms with Crippen LogP contribution in [-0.4, -0.2) is 6.29 Å². The normalized spacial score (nSPS) is 10.9. The maximum Gasteiger partial charge on any atom is 0.264 e. The summed E-state index contributed by atoms with van der Waals surface area (Å²) >= 11 is 0. The lowest BCUT2D eigenvalue weighted by Gasteiger charge is -2.05. The minimum absolute atomic E-state index is 0.00458. The van der Waals surface area contributed by atoms with E-state index in [0.29, 0.717) is 22.6 Å². The fourth-order valence-electron chi connectivity index (χ4n) is 1.59. The third-order valence-electron chi connectivity index (χ3n) is 2.31. The van der Waals surface area contributed by atoms with Crippen molar-refractivity contribution in [1.29, 1.82) is 0 Å². The van der Waals surface area contributed by atoms with E-state index in [2.05, 4.69) is 0 Å². The molecule has 0 spiro atoms. The first kappa shape index (κ1) is 9.77. The van der Waals surface area contributed by atoms with E-state index in [1.54, 1.807) is 30.3 Å². The molecule has 1 nitrogen and oxygen atoms in total. The van der Waals surface area contributed by atoms with E-state index in [-0.39, 0.29) is 5.56 Å². The molecule has 0 unspecified atom stereocenters. The van der Waals surface area contributed by atoms with Gasteiger partial charge in [-0.25, -0.2) is 8.78 Å². The number of aldehydes is 1. The van der Waals surface area contributed by atoms with Crippen LogP contribution in [-0.2, 0) is 0 Å². The number of carbonyl (C=O) groups excluding carboxylic acids is 1. The zero-order chi connectivity index (χ0) is 10.8. The van der Waals surface area contributed by atoms with Crippen molar-refractivity contribution >= 4 is 17.1 Å². The van der Waals surface area contributed by atoms with Crippen molar-refractivity contribution in [2.45, 2.75) is 6.43 Å². The average molecular weight is 206 g/mol. The summed E-state index contributed by atoms with van der Waals surface area (Å²) in [7, 11) is 0. The van der Waals surface area contributed by atoms with Crippen LogP contribution in [0.1, 0.15) is 22.3 Å². The van der Waals surface area contributed by atoms with Gasteiger partial charge in [0.15, 0.2) is 0 Å². The second-order valence-corrected chi connectivity index (χ2v) is 3.25. The molecular formula is C12H8F2O. The molecule has 2 aromatic rings. The van der Waals surface area contributed by atoms with E-state index >= 15 is 0 Å². The predicted octanol–water partition coefficient (Wildman–Crippen LogP) is 3.59. The van der Waals surface area contributed by atoms with Gasteiger partial charge in [-0.05, 0) is 16.8 Å². The zero-order valence-corrected chi connectivity index (χ0v) is 7.78. The van der Waals surface area contributed by atoms with Gasteiger partial charge in [-0.1, -0.05) is 30.3 Å². The minimum atomic E-state index is -2.49. The molecule has 3 heteroatoms. The number of halogens is 2. The summed E-state index contributed by atoms with van der Waals surface area (Å²) in [4.78, 5) is 10.5. The van der Waals surface area contributed by atoms with Crippen LogP contribution in [0.2, 0.25) is 0 Å². The highest BCUT2D eigenvalue weighted by molar-refractivity contribution is 5.91. The Balaban J connectivity index is 2.72. The van der Waals surface area contributed by atoms with Gasteiger partial charge in [0.1, 0.15) is 6.29 Å². The molecule has 0 radical (unpaired) electrons. The summed E-state index contributed by atoms with van der Waals surface area (Å²) in [5.41, 5.74) is 0.499. The van der Waals surface area contributed by atoms with Gasteiger partial charge in [-0.2, -0.15) is 0 Å². The molecule has 0 aromatic heterocycles. The van der Waals surface area contributed by atoms with Crippen LogP contribution < -0.4 is 0 Å². The van der Waals surface area contributed by atoms with E-state index in [1.165, 1.54) is 6.07 Å². The van der Waals surface area contributed by atoms with Crippen molar-refractivity contribution in [3.05, 3.63) is 47.5 Å². The second-order valence-electron chi connectivity index (χ2n) is 3.25. The molecule has 2 aromatic carbocycles. The highest BCUT2D eigenvalue weighted by atomic mass is 19.3. The fraction of sp³-hybridized carbons (Fsp3) is 0.0833. The Labute approximate surface area is 85.3 Å². The van der Waals surface area contributed by atoms with Gasteiger partial charge < -0.3 is 0 Å². The van der Waals surface area contributed by atoms with Gasteiger partial charge >= 0.3 is 0 Å². The quantitative estimate of drug-likeness (QED) is 0.686. The fourth-order valence-corrected chi connectivity index (χ4v) is 1.59. The number of rotatable bonds is 2. The molecule has 0 fully saturated rings. The van der Waals surface area contributed by atoms with Crippen LogP contribution in [0.4, 0.5) is 8.78 Å². The molecule has 0 bridgehead atoms. The Morgan fingerprint density at radius 1 is 1.13 bits per heavy atom. The monoisotopic (exact) mass is 206 g/mol. The Morgan fingerprint density at radius 3 is 2.60 bits per heavy atom. The van der Waals surface area contributed by atoms with Gasteiger partial charge in [0, 0.05) is 11.1 Å². The predicted molar refractivity (Wildman–Crippen MR) is 54.3 cm³/mol. The van der Waals surface area contributed by atoms with Crippen molar-refractivity contribution in [3.8, 4) is 0 Å². The standard InChI is InChI=1S/C12H8F2O/c13-12(14)11-3-1-2-9-6-8(7-15)4-5-10(9)11/h1-7,12H. The first-order valence-electron chi connectivity index (χ1n) is 4.48. The van der Waals surface area contributed by atoms with Crippen molar-refractivity contribution in [1.82, 2.24) is 0 Å². The molecule has 0 saturated heterocycles. The number of alkyl halides is 2. The maximum absolute atomic E-state index is 12.6. The van der Waals surface area contributed by atoms with Gasteiger partial charge in [-0.15, -0.1) is 0 Å². The lowest BCUT2D eigenvalue weighted by atomic mass is 10.0. The smallest absolute Gasteiger partial charge is 0.264 e. The van der Waals surface area contributed by atoms with Crippen LogP contribution in [0.15, 0.2) is 36.4 Å². The largest absolute Gasteiger partial charge is 0.298 e. The number of hydrogen-bond donors (Lipinski definition) is 0. The molecule has 0 saturated carbocycles. The number of carbonyl (C=O) groups is 1. The van der Waals surface area contributed by atoms with Crippen molar-refractivity contribution in [2.75, 3.05) is 0 Å². The van der Waals surface area contributed by atoms with Crippen LogP contribution in [0.5, 0.6) is 0 Å². The third-order valence-corrected chi connectivity index (χ3v) is 2.31. The van der Waals surface area contributed by atoms with Crippen LogP contribution in [0.3, 0.4) is 0 Å². The number of fused-ring (bicyclic) bond motifs is 1. The Bertz CT molecular complexity index is 506. The lowest BCUT2D eigenvalue weighted by Crippen LogP contribution is -1.87. The minimum Gasteiger partial charge on any atom is -0.298 e. The van der Waals surface area contributed by atoms with E-state index in [0.717, 1.165) is 0 Å². The summed E-state index contributed by atoms with van der Waals surface area (Å²) in [5, 5.41) is 1.16. The van der Waals surface area contributed by atoms with E-state index in [4.69, 9.17) is 0 Å². The molecule has 0 amide bonds. The van der Waals surface area contributed by atoms with Crippen LogP contribution >= 0.6 is 0 Å². The van der Waals surface area contributed by atoms with E-state index < -0.39 is 6.43 Å². The molecule has 15 heavy (non-hydrogen) atoms. The Hall–Kier alpha value is -1.77. The first-order valence-corrected chi connectivity index (χ1v) is 4.48. The van der Waals surface area contributed by atoms with E-state index in [1.807, 2.05) is 0 Å². The van der Waals surface area contributed by atoms with Crippen LogP contribution in [0.25, 0.3) is 10.8 Å². The highest BCUT2D eigenvalue weighted by Gasteiger charge is 2.10. The first-order chi connectivity index (χ1) is 7.22. The van der Waals surface area contributed by atoms with Crippen LogP contribution in [0, 0.1) is 0 Å². The Morgan fingerprint density at radius 2 is 1.93 bits per heavy atom. The third kappa shape index (κ3) is 1.73. The summed E-state index contributed by atoms with van der Waals surface area (Å²) < 4.78 is 25.2.